The number of halogens is 1. The number of nitrogens with one attached hydrogen (secondary N) is 2. The van der Waals surface area contributed by atoms with E-state index in [-0.39, 0.29) is 18.9 Å². The summed E-state index contributed by atoms with van der Waals surface area (Å²) in [6, 6.07) is 7.83. The minimum atomic E-state index is -0.556. The number of rotatable bonds is 9. The molecular formula is C24H32FN5O5. The van der Waals surface area contributed by atoms with Crippen LogP contribution in [0.5, 0.6) is 0 Å². The third-order valence-electron chi connectivity index (χ3n) is 5.49. The van der Waals surface area contributed by atoms with Gasteiger partial charge < -0.3 is 29.7 Å². The van der Waals surface area contributed by atoms with Crippen LogP contribution in [0.3, 0.4) is 0 Å². The van der Waals surface area contributed by atoms with Crippen molar-refractivity contribution in [1.29, 1.82) is 0 Å². The highest BCUT2D eigenvalue weighted by Crippen LogP contribution is 2.21. The molecule has 1 aromatic carbocycles. The molecule has 0 saturated carbocycles. The molecule has 1 saturated heterocycles. The summed E-state index contributed by atoms with van der Waals surface area (Å²) in [6.07, 6.45) is 0.641. The second-order valence-electron chi connectivity index (χ2n) is 8.23. The topological polar surface area (TPSA) is 105 Å². The van der Waals surface area contributed by atoms with E-state index in [1.807, 2.05) is 11.8 Å². The molecule has 0 spiro atoms. The van der Waals surface area contributed by atoms with Crippen molar-refractivity contribution < 1.29 is 28.2 Å². The van der Waals surface area contributed by atoms with Gasteiger partial charge in [0.25, 0.3) is 0 Å². The average molecular weight is 490 g/mol. The normalized spacial score (nSPS) is 14.1. The Morgan fingerprint density at radius 1 is 1.06 bits per heavy atom. The van der Waals surface area contributed by atoms with Crippen LogP contribution in [0.15, 0.2) is 36.5 Å². The molecule has 2 N–H and O–H groups in total. The third kappa shape index (κ3) is 7.88. The van der Waals surface area contributed by atoms with E-state index in [0.717, 1.165) is 5.69 Å². The lowest BCUT2D eigenvalue weighted by Gasteiger charge is -2.34. The summed E-state index contributed by atoms with van der Waals surface area (Å²) in [7, 11) is 3.07. The fourth-order valence-corrected chi connectivity index (χ4v) is 3.66. The van der Waals surface area contributed by atoms with Gasteiger partial charge in [-0.2, -0.15) is 0 Å². The van der Waals surface area contributed by atoms with Gasteiger partial charge in [-0.05, 0) is 25.1 Å². The number of methoxy groups -OCH3 is 2. The summed E-state index contributed by atoms with van der Waals surface area (Å²) in [5.74, 6) is -0.492. The second-order valence-corrected chi connectivity index (χ2v) is 8.23. The first-order valence-electron chi connectivity index (χ1n) is 11.3. The summed E-state index contributed by atoms with van der Waals surface area (Å²) in [4.78, 5) is 32.5. The summed E-state index contributed by atoms with van der Waals surface area (Å²) in [6.45, 7) is 4.74. The van der Waals surface area contributed by atoms with Crippen LogP contribution in [0.4, 0.5) is 25.4 Å². The van der Waals surface area contributed by atoms with Crippen LogP contribution in [-0.4, -0.2) is 86.6 Å². The molecule has 190 valence electrons. The van der Waals surface area contributed by atoms with Gasteiger partial charge in [0.1, 0.15) is 0 Å². The van der Waals surface area contributed by atoms with E-state index in [2.05, 4.69) is 15.6 Å². The molecule has 2 aromatic rings. The Morgan fingerprint density at radius 2 is 1.77 bits per heavy atom. The monoisotopic (exact) mass is 489 g/mol. The van der Waals surface area contributed by atoms with Crippen LogP contribution in [0.1, 0.15) is 11.3 Å². The number of benzene rings is 1. The van der Waals surface area contributed by atoms with E-state index in [9.17, 15) is 9.59 Å². The molecule has 0 aliphatic carbocycles. The maximum Gasteiger partial charge on any atom is 0.410 e. The largest absolute Gasteiger partial charge is 0.441 e. The Kier molecular flexibility index (Phi) is 9.76. The maximum atomic E-state index is 15.1. The predicted octanol–water partition coefficient (Wildman–Crippen LogP) is 3.09. The molecule has 1 aliphatic heterocycles. The quantitative estimate of drug-likeness (QED) is 0.558. The van der Waals surface area contributed by atoms with Crippen molar-refractivity contribution in [2.24, 2.45) is 0 Å². The lowest BCUT2D eigenvalue weighted by Crippen LogP contribution is -2.49. The zero-order valence-corrected chi connectivity index (χ0v) is 20.3. The van der Waals surface area contributed by atoms with Crippen LogP contribution in [0.2, 0.25) is 0 Å². The Morgan fingerprint density at radius 3 is 2.40 bits per heavy atom. The van der Waals surface area contributed by atoms with Crippen LogP contribution in [-0.2, 0) is 20.8 Å². The minimum Gasteiger partial charge on any atom is -0.441 e. The number of ether oxygens (including phenoxy) is 3. The number of aryl methyl sites for hydroxylation is 1. The lowest BCUT2D eigenvalue weighted by atomic mass is 10.1. The molecule has 0 bridgehead atoms. The van der Waals surface area contributed by atoms with E-state index in [4.69, 9.17) is 14.2 Å². The van der Waals surface area contributed by atoms with Gasteiger partial charge in [0.2, 0.25) is 0 Å². The Balaban J connectivity index is 1.51. The number of hydrogen-bond donors (Lipinski definition) is 2. The van der Waals surface area contributed by atoms with E-state index in [1.54, 1.807) is 29.2 Å². The van der Waals surface area contributed by atoms with Crippen LogP contribution >= 0.6 is 0 Å². The van der Waals surface area contributed by atoms with Gasteiger partial charge in [0.15, 0.2) is 11.9 Å². The van der Waals surface area contributed by atoms with Crippen molar-refractivity contribution in [3.63, 3.8) is 0 Å². The summed E-state index contributed by atoms with van der Waals surface area (Å²) < 4.78 is 30.6. The molecule has 0 radical (unpaired) electrons. The Labute approximate surface area is 204 Å². The number of amides is 3. The molecule has 1 fully saturated rings. The average Bonchev–Trinajstić information content (AvgIpc) is 2.84. The van der Waals surface area contributed by atoms with Gasteiger partial charge in [0.05, 0.1) is 30.8 Å². The SMILES string of the molecule is COCC(COC)OC(=O)N1CCN(Cc2cccc(NC(=O)Nc3ccc(C)nc3)c2F)CC1. The van der Waals surface area contributed by atoms with Crippen LogP contribution < -0.4 is 10.6 Å². The molecule has 2 heterocycles. The molecule has 11 heteroatoms. The van der Waals surface area contributed by atoms with E-state index in [0.29, 0.717) is 44.0 Å². The summed E-state index contributed by atoms with van der Waals surface area (Å²) >= 11 is 0. The fraction of sp³-hybridized carbons (Fsp3) is 0.458. The zero-order valence-electron chi connectivity index (χ0n) is 20.3. The highest BCUT2D eigenvalue weighted by molar-refractivity contribution is 5.99. The minimum absolute atomic E-state index is 0.0876. The van der Waals surface area contributed by atoms with Crippen molar-refractivity contribution in [2.45, 2.75) is 19.6 Å². The first-order chi connectivity index (χ1) is 16.9. The molecule has 1 aromatic heterocycles. The molecule has 3 amide bonds. The highest BCUT2D eigenvalue weighted by atomic mass is 19.1. The molecule has 0 atom stereocenters. The van der Waals surface area contributed by atoms with E-state index >= 15 is 4.39 Å². The van der Waals surface area contributed by atoms with Crippen molar-refractivity contribution in [1.82, 2.24) is 14.8 Å². The van der Waals surface area contributed by atoms with Gasteiger partial charge in [0, 0.05) is 58.2 Å². The van der Waals surface area contributed by atoms with Gasteiger partial charge in [-0.1, -0.05) is 12.1 Å². The fourth-order valence-electron chi connectivity index (χ4n) is 3.66. The zero-order chi connectivity index (χ0) is 25.2. The Hall–Kier alpha value is -3.28. The number of hydrogen-bond acceptors (Lipinski definition) is 7. The predicted molar refractivity (Wildman–Crippen MR) is 129 cm³/mol. The summed E-state index contributed by atoms with van der Waals surface area (Å²) in [5.41, 5.74) is 1.88. The second kappa shape index (κ2) is 13.0. The molecule has 0 unspecified atom stereocenters. The van der Waals surface area contributed by atoms with Crippen molar-refractivity contribution in [3.05, 3.63) is 53.6 Å². The Bertz CT molecular complexity index is 977. The number of urea groups is 1. The summed E-state index contributed by atoms with van der Waals surface area (Å²) in [5, 5.41) is 5.19. The molecular weight excluding hydrogens is 457 g/mol. The maximum absolute atomic E-state index is 15.1. The number of nitrogens with zero attached hydrogens (tertiary/aromatic N) is 3. The number of carbonyl (C=O) groups is 2. The van der Waals surface area contributed by atoms with Gasteiger partial charge in [-0.3, -0.25) is 9.88 Å². The third-order valence-corrected chi connectivity index (χ3v) is 5.49. The number of piperazine rings is 1. The van der Waals surface area contributed by atoms with Crippen molar-refractivity contribution >= 4 is 23.5 Å². The molecule has 3 rings (SSSR count). The lowest BCUT2D eigenvalue weighted by molar-refractivity contribution is -0.0216. The smallest absolute Gasteiger partial charge is 0.410 e. The standard InChI is InChI=1S/C24H32FN5O5/c1-17-7-8-19(13-26-17)27-23(31)28-21-6-4-5-18(22(21)25)14-29-9-11-30(12-10-29)24(32)35-20(15-33-2)16-34-3/h4-8,13,20H,9-12,14-16H2,1-3H3,(H2,27,28,31). The van der Waals surface area contributed by atoms with E-state index in [1.165, 1.54) is 26.5 Å². The van der Waals surface area contributed by atoms with Gasteiger partial charge >= 0.3 is 12.1 Å². The number of carbonyl (C=O) groups excluding carboxylic acids is 2. The number of aromatic nitrogens is 1. The molecule has 10 nitrogen and oxygen atoms in total. The van der Waals surface area contributed by atoms with Gasteiger partial charge in [-0.15, -0.1) is 0 Å². The van der Waals surface area contributed by atoms with E-state index < -0.39 is 24.0 Å². The first kappa shape index (κ1) is 26.3. The highest BCUT2D eigenvalue weighted by Gasteiger charge is 2.25. The first-order valence-corrected chi connectivity index (χ1v) is 11.3. The van der Waals surface area contributed by atoms with Gasteiger partial charge in [-0.25, -0.2) is 14.0 Å². The molecule has 1 aliphatic rings. The van der Waals surface area contributed by atoms with Crippen LogP contribution in [0.25, 0.3) is 0 Å². The number of pyridine rings is 1. The van der Waals surface area contributed by atoms with Crippen molar-refractivity contribution in [2.75, 3.05) is 64.2 Å². The van der Waals surface area contributed by atoms with Crippen LogP contribution in [0, 0.1) is 12.7 Å². The van der Waals surface area contributed by atoms with Crippen molar-refractivity contribution in [3.8, 4) is 0 Å². The number of anilines is 2. The molecule has 35 heavy (non-hydrogen) atoms.